The second-order valence-electron chi connectivity index (χ2n) is 4.66. The van der Waals surface area contributed by atoms with Gasteiger partial charge in [-0.05, 0) is 12.0 Å². The topological polar surface area (TPSA) is 102 Å². The molecule has 1 aromatic heterocycles. The normalized spacial score (nSPS) is 11.9. The fourth-order valence-corrected chi connectivity index (χ4v) is 1.99. The monoisotopic (exact) mass is 288 g/mol. The van der Waals surface area contributed by atoms with Gasteiger partial charge >= 0.3 is 0 Å². The van der Waals surface area contributed by atoms with Crippen molar-refractivity contribution in [3.63, 3.8) is 0 Å². The number of rotatable bonds is 5. The number of aliphatic hydroxyl groups excluding tert-OH is 1. The fourth-order valence-electron chi connectivity index (χ4n) is 1.99. The third-order valence-electron chi connectivity index (χ3n) is 2.97. The molecular formula is C15H16N2O4. The number of carbonyl (C=O) groups is 1. The molecule has 0 bridgehead atoms. The number of nitrogens with one attached hydrogen (secondary N) is 2. The van der Waals surface area contributed by atoms with Gasteiger partial charge in [0.05, 0.1) is 18.2 Å². The van der Waals surface area contributed by atoms with Crippen molar-refractivity contribution < 1.29 is 15.0 Å². The number of aromatic hydroxyl groups is 1. The summed E-state index contributed by atoms with van der Waals surface area (Å²) in [7, 11) is 0. The molecule has 6 nitrogen and oxygen atoms in total. The summed E-state index contributed by atoms with van der Waals surface area (Å²) < 4.78 is 0. The lowest BCUT2D eigenvalue weighted by molar-refractivity contribution is 0.0916. The van der Waals surface area contributed by atoms with Crippen molar-refractivity contribution in [3.8, 4) is 5.88 Å². The number of carbonyl (C=O) groups excluding carboxylic acids is 1. The predicted molar refractivity (Wildman–Crippen MR) is 77.2 cm³/mol. The number of aromatic amines is 1. The molecule has 0 aliphatic heterocycles. The molecule has 4 N–H and O–H groups in total. The Kier molecular flexibility index (Phi) is 4.73. The standard InChI is InChI=1S/C15H16N2O4/c18-9-12(6-10-4-2-1-3-5-10)16-15(21)11-7-13(19)17-14(20)8-11/h1-5,7-8,12,18H,6,9H2,(H,16,21)(H2,17,19,20). The average Bonchev–Trinajstić information content (AvgIpc) is 2.46. The molecule has 2 rings (SSSR count). The maximum absolute atomic E-state index is 12.0. The summed E-state index contributed by atoms with van der Waals surface area (Å²) in [6.45, 7) is -0.226. The molecule has 2 aromatic rings. The van der Waals surface area contributed by atoms with Crippen LogP contribution in [0.25, 0.3) is 0 Å². The van der Waals surface area contributed by atoms with Gasteiger partial charge in [0.25, 0.3) is 11.5 Å². The summed E-state index contributed by atoms with van der Waals surface area (Å²) in [6, 6.07) is 11.2. The Labute approximate surface area is 121 Å². The average molecular weight is 288 g/mol. The van der Waals surface area contributed by atoms with Gasteiger partial charge in [0.15, 0.2) is 5.88 Å². The number of pyridine rings is 1. The number of hydrogen-bond donors (Lipinski definition) is 4. The van der Waals surface area contributed by atoms with Crippen LogP contribution in [0.3, 0.4) is 0 Å². The van der Waals surface area contributed by atoms with Gasteiger partial charge in [-0.1, -0.05) is 30.3 Å². The first kappa shape index (κ1) is 14.8. The van der Waals surface area contributed by atoms with Gasteiger partial charge in [-0.2, -0.15) is 0 Å². The zero-order valence-electron chi connectivity index (χ0n) is 11.2. The van der Waals surface area contributed by atoms with E-state index in [9.17, 15) is 19.8 Å². The van der Waals surface area contributed by atoms with Gasteiger partial charge < -0.3 is 15.5 Å². The van der Waals surface area contributed by atoms with Crippen LogP contribution in [-0.4, -0.2) is 33.8 Å². The Hall–Kier alpha value is -2.60. The molecule has 0 aliphatic rings. The molecule has 1 amide bonds. The Balaban J connectivity index is 2.07. The highest BCUT2D eigenvalue weighted by molar-refractivity contribution is 5.94. The van der Waals surface area contributed by atoms with Crippen molar-refractivity contribution >= 4 is 5.91 Å². The Bertz CT molecular complexity index is 667. The Morgan fingerprint density at radius 3 is 2.57 bits per heavy atom. The minimum Gasteiger partial charge on any atom is -0.494 e. The molecule has 0 saturated carbocycles. The second-order valence-corrected chi connectivity index (χ2v) is 4.66. The number of aliphatic hydroxyl groups is 1. The second kappa shape index (κ2) is 6.71. The molecule has 6 heteroatoms. The molecule has 1 aromatic carbocycles. The first-order valence-corrected chi connectivity index (χ1v) is 6.47. The van der Waals surface area contributed by atoms with E-state index >= 15 is 0 Å². The van der Waals surface area contributed by atoms with Crippen LogP contribution in [0.4, 0.5) is 0 Å². The zero-order chi connectivity index (χ0) is 15.2. The van der Waals surface area contributed by atoms with E-state index in [0.29, 0.717) is 6.42 Å². The van der Waals surface area contributed by atoms with Gasteiger partial charge in [0.1, 0.15) is 0 Å². The summed E-state index contributed by atoms with van der Waals surface area (Å²) in [5, 5.41) is 21.3. The quantitative estimate of drug-likeness (QED) is 0.640. The van der Waals surface area contributed by atoms with Crippen molar-refractivity contribution in [1.29, 1.82) is 0 Å². The summed E-state index contributed by atoms with van der Waals surface area (Å²) in [5.41, 5.74) is 0.456. The van der Waals surface area contributed by atoms with E-state index in [1.165, 1.54) is 0 Å². The summed E-state index contributed by atoms with van der Waals surface area (Å²) in [6.07, 6.45) is 0.470. The van der Waals surface area contributed by atoms with Gasteiger partial charge in [-0.3, -0.25) is 14.6 Å². The van der Waals surface area contributed by atoms with Crippen LogP contribution in [-0.2, 0) is 6.42 Å². The lowest BCUT2D eigenvalue weighted by Gasteiger charge is -2.16. The predicted octanol–water partition coefficient (Wildman–Crippen LogP) is 0.414. The highest BCUT2D eigenvalue weighted by Gasteiger charge is 2.14. The van der Waals surface area contributed by atoms with Crippen LogP contribution in [0, 0.1) is 0 Å². The third kappa shape index (κ3) is 4.19. The summed E-state index contributed by atoms with van der Waals surface area (Å²) in [4.78, 5) is 25.4. The van der Waals surface area contributed by atoms with Crippen molar-refractivity contribution in [2.24, 2.45) is 0 Å². The van der Waals surface area contributed by atoms with E-state index in [2.05, 4.69) is 10.3 Å². The van der Waals surface area contributed by atoms with Crippen LogP contribution in [0.15, 0.2) is 47.3 Å². The van der Waals surface area contributed by atoms with Crippen LogP contribution in [0.1, 0.15) is 15.9 Å². The van der Waals surface area contributed by atoms with Gasteiger partial charge in [0.2, 0.25) is 0 Å². The van der Waals surface area contributed by atoms with E-state index in [1.54, 1.807) is 0 Å². The molecule has 0 fully saturated rings. The molecule has 1 unspecified atom stereocenters. The maximum atomic E-state index is 12.0. The van der Waals surface area contributed by atoms with Crippen molar-refractivity contribution in [3.05, 3.63) is 63.9 Å². The Morgan fingerprint density at radius 1 is 1.24 bits per heavy atom. The number of H-pyrrole nitrogens is 1. The highest BCUT2D eigenvalue weighted by atomic mass is 16.3. The molecule has 110 valence electrons. The molecule has 0 saturated heterocycles. The SMILES string of the molecule is O=C(NC(CO)Cc1ccccc1)c1cc(O)[nH]c(=O)c1. The lowest BCUT2D eigenvalue weighted by atomic mass is 10.1. The molecule has 1 atom stereocenters. The van der Waals surface area contributed by atoms with E-state index < -0.39 is 17.5 Å². The van der Waals surface area contributed by atoms with Gasteiger partial charge in [-0.25, -0.2) is 0 Å². The molecule has 1 heterocycles. The van der Waals surface area contributed by atoms with E-state index in [4.69, 9.17) is 0 Å². The van der Waals surface area contributed by atoms with Crippen LogP contribution in [0.5, 0.6) is 5.88 Å². The minimum atomic E-state index is -0.566. The molecule has 0 spiro atoms. The number of benzene rings is 1. The fraction of sp³-hybridized carbons (Fsp3) is 0.200. The lowest BCUT2D eigenvalue weighted by Crippen LogP contribution is -2.39. The zero-order valence-corrected chi connectivity index (χ0v) is 11.2. The van der Waals surface area contributed by atoms with Crippen LogP contribution < -0.4 is 10.9 Å². The molecule has 0 radical (unpaired) electrons. The minimum absolute atomic E-state index is 0.0442. The van der Waals surface area contributed by atoms with Gasteiger partial charge in [-0.15, -0.1) is 0 Å². The number of aromatic nitrogens is 1. The van der Waals surface area contributed by atoms with Crippen molar-refractivity contribution in [2.75, 3.05) is 6.61 Å². The van der Waals surface area contributed by atoms with E-state index in [0.717, 1.165) is 17.7 Å². The summed E-state index contributed by atoms with van der Waals surface area (Å²) >= 11 is 0. The van der Waals surface area contributed by atoms with Crippen molar-refractivity contribution in [1.82, 2.24) is 10.3 Å². The van der Waals surface area contributed by atoms with E-state index in [1.807, 2.05) is 30.3 Å². The maximum Gasteiger partial charge on any atom is 0.251 e. The summed E-state index contributed by atoms with van der Waals surface area (Å²) in [5.74, 6) is -0.900. The first-order chi connectivity index (χ1) is 10.1. The smallest absolute Gasteiger partial charge is 0.251 e. The molecular weight excluding hydrogens is 272 g/mol. The number of hydrogen-bond acceptors (Lipinski definition) is 4. The van der Waals surface area contributed by atoms with Gasteiger partial charge in [0, 0.05) is 12.1 Å². The van der Waals surface area contributed by atoms with E-state index in [-0.39, 0.29) is 18.1 Å². The largest absolute Gasteiger partial charge is 0.494 e. The van der Waals surface area contributed by atoms with Crippen molar-refractivity contribution in [2.45, 2.75) is 12.5 Å². The third-order valence-corrected chi connectivity index (χ3v) is 2.97. The van der Waals surface area contributed by atoms with Crippen LogP contribution in [0.2, 0.25) is 0 Å². The number of amides is 1. The Morgan fingerprint density at radius 2 is 1.95 bits per heavy atom. The molecule has 21 heavy (non-hydrogen) atoms. The van der Waals surface area contributed by atoms with Crippen LogP contribution >= 0.6 is 0 Å². The first-order valence-electron chi connectivity index (χ1n) is 6.47. The molecule has 0 aliphatic carbocycles. The highest BCUT2D eigenvalue weighted by Crippen LogP contribution is 2.06.